The van der Waals surface area contributed by atoms with E-state index in [-0.39, 0.29) is 5.82 Å². The van der Waals surface area contributed by atoms with Crippen molar-refractivity contribution < 1.29 is 14.3 Å². The molecule has 1 N–H and O–H groups in total. The summed E-state index contributed by atoms with van der Waals surface area (Å²) < 4.78 is 13.0. The Hall–Kier alpha value is -1.29. The minimum Gasteiger partial charge on any atom is -0.478 e. The molecule has 0 radical (unpaired) electrons. The van der Waals surface area contributed by atoms with Crippen molar-refractivity contribution in [2.24, 2.45) is 0 Å². The Kier molecular flexibility index (Phi) is 4.19. The average Bonchev–Trinajstić information content (AvgIpc) is 2.15. The van der Waals surface area contributed by atoms with Crippen LogP contribution in [0.4, 0.5) is 4.39 Å². The lowest BCUT2D eigenvalue weighted by Gasteiger charge is -1.98. The normalized spacial score (nSPS) is 10.6. The summed E-state index contributed by atoms with van der Waals surface area (Å²) in [6, 6.07) is 6.40. The SMILES string of the molecule is O=C(O)C=CCSc1ccccc1F. The number of halogens is 1. The summed E-state index contributed by atoms with van der Waals surface area (Å²) >= 11 is 1.26. The van der Waals surface area contributed by atoms with Crippen LogP contribution < -0.4 is 0 Å². The van der Waals surface area contributed by atoms with Crippen LogP contribution in [0.2, 0.25) is 0 Å². The standard InChI is InChI=1S/C10H9FO2S/c11-8-4-1-2-5-9(8)14-7-3-6-10(12)13/h1-6H,7H2,(H,12,13). The fraction of sp³-hybridized carbons (Fsp3) is 0.100. The molecule has 1 rings (SSSR count). The number of aliphatic carboxylic acids is 1. The van der Waals surface area contributed by atoms with Crippen molar-refractivity contribution in [3.63, 3.8) is 0 Å². The van der Waals surface area contributed by atoms with Crippen LogP contribution in [0.3, 0.4) is 0 Å². The second kappa shape index (κ2) is 5.44. The zero-order valence-electron chi connectivity index (χ0n) is 7.31. The molecule has 0 saturated heterocycles. The molecule has 0 spiro atoms. The monoisotopic (exact) mass is 212 g/mol. The topological polar surface area (TPSA) is 37.3 Å². The van der Waals surface area contributed by atoms with Gasteiger partial charge in [-0.1, -0.05) is 18.2 Å². The summed E-state index contributed by atoms with van der Waals surface area (Å²) in [6.45, 7) is 0. The van der Waals surface area contributed by atoms with Crippen LogP contribution in [-0.4, -0.2) is 16.8 Å². The van der Waals surface area contributed by atoms with Crippen LogP contribution in [0.5, 0.6) is 0 Å². The number of carboxylic acids is 1. The third kappa shape index (κ3) is 3.62. The molecule has 0 aliphatic rings. The van der Waals surface area contributed by atoms with Gasteiger partial charge in [0.25, 0.3) is 0 Å². The lowest BCUT2D eigenvalue weighted by molar-refractivity contribution is -0.131. The smallest absolute Gasteiger partial charge is 0.328 e. The minimum absolute atomic E-state index is 0.277. The van der Waals surface area contributed by atoms with Crippen LogP contribution in [-0.2, 0) is 4.79 Å². The molecule has 0 heterocycles. The van der Waals surface area contributed by atoms with Gasteiger partial charge in [0.1, 0.15) is 5.82 Å². The second-order valence-corrected chi connectivity index (χ2v) is 3.54. The molecular weight excluding hydrogens is 203 g/mol. The Balaban J connectivity index is 2.46. The first-order valence-corrected chi connectivity index (χ1v) is 4.95. The van der Waals surface area contributed by atoms with Crippen molar-refractivity contribution in [3.05, 3.63) is 42.2 Å². The van der Waals surface area contributed by atoms with Crippen LogP contribution in [0, 0.1) is 5.82 Å². The minimum atomic E-state index is -0.987. The van der Waals surface area contributed by atoms with Gasteiger partial charge in [-0.25, -0.2) is 9.18 Å². The van der Waals surface area contributed by atoms with E-state index in [4.69, 9.17) is 5.11 Å². The first kappa shape index (κ1) is 10.8. The predicted octanol–water partition coefficient (Wildman–Crippen LogP) is 2.56. The number of carboxylic acid groups (broad SMARTS) is 1. The van der Waals surface area contributed by atoms with Gasteiger partial charge in [0.05, 0.1) is 0 Å². The zero-order chi connectivity index (χ0) is 10.4. The fourth-order valence-electron chi connectivity index (χ4n) is 0.849. The summed E-state index contributed by atoms with van der Waals surface area (Å²) in [6.07, 6.45) is 2.54. The van der Waals surface area contributed by atoms with Crippen LogP contribution in [0.25, 0.3) is 0 Å². The van der Waals surface area contributed by atoms with E-state index in [1.807, 2.05) is 0 Å². The summed E-state index contributed by atoms with van der Waals surface area (Å²) in [4.78, 5) is 10.6. The molecule has 0 saturated carbocycles. The molecule has 1 aromatic rings. The van der Waals surface area contributed by atoms with Crippen LogP contribution in [0.1, 0.15) is 0 Å². The van der Waals surface area contributed by atoms with E-state index < -0.39 is 5.97 Å². The highest BCUT2D eigenvalue weighted by Crippen LogP contribution is 2.20. The summed E-state index contributed by atoms with van der Waals surface area (Å²) in [7, 11) is 0. The van der Waals surface area contributed by atoms with Crippen molar-refractivity contribution in [1.29, 1.82) is 0 Å². The summed E-state index contributed by atoms with van der Waals surface area (Å²) in [5.74, 6) is -0.812. The van der Waals surface area contributed by atoms with E-state index in [0.29, 0.717) is 10.6 Å². The largest absolute Gasteiger partial charge is 0.478 e. The summed E-state index contributed by atoms with van der Waals surface area (Å²) in [5, 5.41) is 8.30. The molecule has 14 heavy (non-hydrogen) atoms. The van der Waals surface area contributed by atoms with Gasteiger partial charge < -0.3 is 5.11 Å². The molecule has 0 fully saturated rings. The van der Waals surface area contributed by atoms with Gasteiger partial charge in [-0.15, -0.1) is 11.8 Å². The highest BCUT2D eigenvalue weighted by molar-refractivity contribution is 7.99. The Morgan fingerprint density at radius 1 is 1.50 bits per heavy atom. The molecule has 0 aromatic heterocycles. The van der Waals surface area contributed by atoms with E-state index in [2.05, 4.69) is 0 Å². The molecule has 1 aromatic carbocycles. The van der Waals surface area contributed by atoms with Gasteiger partial charge in [-0.05, 0) is 12.1 Å². The maximum atomic E-state index is 13.0. The molecule has 0 atom stereocenters. The highest BCUT2D eigenvalue weighted by atomic mass is 32.2. The van der Waals surface area contributed by atoms with Crippen molar-refractivity contribution in [2.75, 3.05) is 5.75 Å². The van der Waals surface area contributed by atoms with E-state index in [0.717, 1.165) is 6.08 Å². The Morgan fingerprint density at radius 2 is 2.21 bits per heavy atom. The quantitative estimate of drug-likeness (QED) is 0.615. The molecule has 0 unspecified atom stereocenters. The lowest BCUT2D eigenvalue weighted by atomic mass is 10.3. The zero-order valence-corrected chi connectivity index (χ0v) is 8.13. The van der Waals surface area contributed by atoms with E-state index in [9.17, 15) is 9.18 Å². The maximum Gasteiger partial charge on any atom is 0.328 e. The number of hydrogen-bond donors (Lipinski definition) is 1. The molecule has 0 aliphatic heterocycles. The average molecular weight is 212 g/mol. The summed E-state index contributed by atoms with van der Waals surface area (Å²) in [5.41, 5.74) is 0. The molecule has 0 amide bonds. The lowest BCUT2D eigenvalue weighted by Crippen LogP contribution is -1.86. The van der Waals surface area contributed by atoms with Crippen molar-refractivity contribution in [3.8, 4) is 0 Å². The van der Waals surface area contributed by atoms with Gasteiger partial charge in [-0.2, -0.15) is 0 Å². The fourth-order valence-corrected chi connectivity index (χ4v) is 1.60. The van der Waals surface area contributed by atoms with Crippen LogP contribution >= 0.6 is 11.8 Å². The number of thioether (sulfide) groups is 1. The van der Waals surface area contributed by atoms with Crippen molar-refractivity contribution in [2.45, 2.75) is 4.90 Å². The molecule has 2 nitrogen and oxygen atoms in total. The van der Waals surface area contributed by atoms with E-state index >= 15 is 0 Å². The molecule has 0 bridgehead atoms. The second-order valence-electron chi connectivity index (χ2n) is 2.48. The number of benzene rings is 1. The highest BCUT2D eigenvalue weighted by Gasteiger charge is 1.98. The molecule has 74 valence electrons. The number of rotatable bonds is 4. The first-order chi connectivity index (χ1) is 6.70. The number of carbonyl (C=O) groups is 1. The van der Waals surface area contributed by atoms with Gasteiger partial charge in [0, 0.05) is 16.7 Å². The number of hydrogen-bond acceptors (Lipinski definition) is 2. The van der Waals surface area contributed by atoms with Gasteiger partial charge >= 0.3 is 5.97 Å². The molecule has 0 aliphatic carbocycles. The van der Waals surface area contributed by atoms with Gasteiger partial charge in [0.15, 0.2) is 0 Å². The van der Waals surface area contributed by atoms with Gasteiger partial charge in [0.2, 0.25) is 0 Å². The third-order valence-corrected chi connectivity index (χ3v) is 2.43. The van der Waals surface area contributed by atoms with Crippen LogP contribution in [0.15, 0.2) is 41.3 Å². The van der Waals surface area contributed by atoms with Crippen molar-refractivity contribution >= 4 is 17.7 Å². The maximum absolute atomic E-state index is 13.0. The Labute approximate surface area is 85.4 Å². The predicted molar refractivity (Wildman–Crippen MR) is 53.9 cm³/mol. The first-order valence-electron chi connectivity index (χ1n) is 3.97. The molecule has 4 heteroatoms. The molecular formula is C10H9FO2S. The van der Waals surface area contributed by atoms with E-state index in [1.165, 1.54) is 23.9 Å². The van der Waals surface area contributed by atoms with E-state index in [1.54, 1.807) is 18.2 Å². The Morgan fingerprint density at radius 3 is 2.86 bits per heavy atom. The van der Waals surface area contributed by atoms with Gasteiger partial charge in [-0.3, -0.25) is 0 Å². The van der Waals surface area contributed by atoms with Crippen molar-refractivity contribution in [1.82, 2.24) is 0 Å². The Bertz CT molecular complexity index is 350. The third-order valence-electron chi connectivity index (χ3n) is 1.43.